The Labute approximate surface area is 158 Å². The van der Waals surface area contributed by atoms with E-state index in [0.29, 0.717) is 38.3 Å². The number of methoxy groups -OCH3 is 1. The van der Waals surface area contributed by atoms with Crippen LogP contribution >= 0.6 is 0 Å². The van der Waals surface area contributed by atoms with E-state index < -0.39 is 0 Å². The maximum absolute atomic E-state index is 12.9. The second-order valence-electron chi connectivity index (χ2n) is 6.86. The van der Waals surface area contributed by atoms with Gasteiger partial charge in [0.2, 0.25) is 5.91 Å². The summed E-state index contributed by atoms with van der Waals surface area (Å²) < 4.78 is 10.6. The first kappa shape index (κ1) is 17.4. The number of hydrogen-bond acceptors (Lipinski definition) is 4. The number of amides is 2. The second-order valence-corrected chi connectivity index (χ2v) is 6.86. The topological polar surface area (TPSA) is 59.1 Å². The number of nitrogens with zero attached hydrogens (tertiary/aromatic N) is 2. The van der Waals surface area contributed by atoms with Gasteiger partial charge in [0.25, 0.3) is 0 Å². The maximum atomic E-state index is 12.9. The van der Waals surface area contributed by atoms with Crippen LogP contribution in [-0.2, 0) is 22.5 Å². The van der Waals surface area contributed by atoms with Gasteiger partial charge in [-0.25, -0.2) is 4.79 Å². The zero-order valence-electron chi connectivity index (χ0n) is 15.3. The first-order valence-corrected chi connectivity index (χ1v) is 9.10. The van der Waals surface area contributed by atoms with Gasteiger partial charge in [0, 0.05) is 13.1 Å². The van der Waals surface area contributed by atoms with Crippen molar-refractivity contribution in [1.29, 1.82) is 0 Å². The second kappa shape index (κ2) is 7.31. The van der Waals surface area contributed by atoms with Crippen LogP contribution in [0.1, 0.15) is 17.5 Å². The van der Waals surface area contributed by atoms with Gasteiger partial charge in [-0.2, -0.15) is 0 Å². The minimum absolute atomic E-state index is 0.0584. The highest BCUT2D eigenvalue weighted by molar-refractivity contribution is 5.91. The predicted octanol–water partition coefficient (Wildman–Crippen LogP) is 3.00. The molecule has 0 spiro atoms. The van der Waals surface area contributed by atoms with Crippen LogP contribution in [-0.4, -0.2) is 43.2 Å². The van der Waals surface area contributed by atoms with Crippen LogP contribution in [0.2, 0.25) is 0 Å². The fourth-order valence-electron chi connectivity index (χ4n) is 3.70. The lowest BCUT2D eigenvalue weighted by Gasteiger charge is -2.32. The fourth-order valence-corrected chi connectivity index (χ4v) is 3.70. The summed E-state index contributed by atoms with van der Waals surface area (Å²) >= 11 is 0. The minimum Gasteiger partial charge on any atom is -0.497 e. The Bertz CT molecular complexity index is 853. The average molecular weight is 366 g/mol. The molecular formula is C21H22N2O4. The van der Waals surface area contributed by atoms with Crippen LogP contribution in [0.3, 0.4) is 0 Å². The van der Waals surface area contributed by atoms with Crippen LogP contribution in [0.15, 0.2) is 48.5 Å². The van der Waals surface area contributed by atoms with E-state index in [-0.39, 0.29) is 18.0 Å². The van der Waals surface area contributed by atoms with E-state index in [1.54, 1.807) is 12.0 Å². The summed E-state index contributed by atoms with van der Waals surface area (Å²) in [5.41, 5.74) is 2.68. The third kappa shape index (κ3) is 3.47. The smallest absolute Gasteiger partial charge is 0.414 e. The number of anilines is 1. The lowest BCUT2D eigenvalue weighted by Crippen LogP contribution is -2.42. The van der Waals surface area contributed by atoms with Gasteiger partial charge in [0.05, 0.1) is 25.3 Å². The Kier molecular flexibility index (Phi) is 4.71. The highest BCUT2D eigenvalue weighted by Crippen LogP contribution is 2.34. The maximum Gasteiger partial charge on any atom is 0.414 e. The van der Waals surface area contributed by atoms with Crippen molar-refractivity contribution in [3.05, 3.63) is 59.7 Å². The summed E-state index contributed by atoms with van der Waals surface area (Å²) in [4.78, 5) is 28.8. The quantitative estimate of drug-likeness (QED) is 0.838. The molecule has 0 bridgehead atoms. The van der Waals surface area contributed by atoms with Crippen LogP contribution in [0, 0.1) is 0 Å². The largest absolute Gasteiger partial charge is 0.497 e. The average Bonchev–Trinajstić information content (AvgIpc) is 3.03. The van der Waals surface area contributed by atoms with E-state index in [4.69, 9.17) is 9.47 Å². The zero-order valence-corrected chi connectivity index (χ0v) is 15.3. The van der Waals surface area contributed by atoms with Crippen LogP contribution in [0.4, 0.5) is 10.5 Å². The van der Waals surface area contributed by atoms with Gasteiger partial charge in [-0.15, -0.1) is 0 Å². The van der Waals surface area contributed by atoms with Crippen molar-refractivity contribution in [3.8, 4) is 5.75 Å². The summed E-state index contributed by atoms with van der Waals surface area (Å²) in [6, 6.07) is 15.3. The molecule has 0 aromatic heterocycles. The third-order valence-electron chi connectivity index (χ3n) is 5.15. The van der Waals surface area contributed by atoms with E-state index in [1.165, 1.54) is 0 Å². The van der Waals surface area contributed by atoms with Crippen molar-refractivity contribution in [2.75, 3.05) is 25.2 Å². The monoisotopic (exact) mass is 366 g/mol. The van der Waals surface area contributed by atoms with Gasteiger partial charge >= 0.3 is 6.09 Å². The van der Waals surface area contributed by atoms with Crippen LogP contribution in [0.25, 0.3) is 0 Å². The van der Waals surface area contributed by atoms with Crippen molar-refractivity contribution < 1.29 is 19.1 Å². The molecule has 0 aliphatic carbocycles. The van der Waals surface area contributed by atoms with Gasteiger partial charge in [-0.3, -0.25) is 9.69 Å². The molecule has 0 N–H and O–H groups in total. The number of carbonyl (C=O) groups is 2. The van der Waals surface area contributed by atoms with Gasteiger partial charge in [-0.1, -0.05) is 30.3 Å². The highest BCUT2D eigenvalue weighted by Gasteiger charge is 2.37. The molecule has 2 aliphatic rings. The first-order valence-electron chi connectivity index (χ1n) is 9.10. The number of rotatable bonds is 3. The number of benzene rings is 2. The standard InChI is InChI=1S/C21H22N2O4/c1-26-18-7-8-19-16(12-18)13-22(10-9-17-14-27-21(25)23(17)19)20(24)11-15-5-3-2-4-6-15/h2-8,12,17H,9-11,13-14H2,1H3. The first-order chi connectivity index (χ1) is 13.2. The van der Waals surface area contributed by atoms with E-state index in [9.17, 15) is 9.59 Å². The van der Waals surface area contributed by atoms with Crippen LogP contribution < -0.4 is 9.64 Å². The number of hydrogen-bond donors (Lipinski definition) is 0. The van der Waals surface area contributed by atoms with Gasteiger partial charge in [0.1, 0.15) is 12.4 Å². The molecule has 0 radical (unpaired) electrons. The zero-order chi connectivity index (χ0) is 18.8. The molecule has 2 amide bonds. The van der Waals surface area contributed by atoms with Crippen molar-refractivity contribution in [1.82, 2.24) is 4.90 Å². The summed E-state index contributed by atoms with van der Waals surface area (Å²) in [5, 5.41) is 0. The van der Waals surface area contributed by atoms with E-state index in [2.05, 4.69) is 0 Å². The van der Waals surface area contributed by atoms with Crippen molar-refractivity contribution >= 4 is 17.7 Å². The molecule has 2 heterocycles. The van der Waals surface area contributed by atoms with Crippen LogP contribution in [0.5, 0.6) is 5.75 Å². The normalized spacial score (nSPS) is 18.9. The molecule has 4 rings (SSSR count). The molecule has 2 aromatic rings. The predicted molar refractivity (Wildman–Crippen MR) is 101 cm³/mol. The lowest BCUT2D eigenvalue weighted by atomic mass is 10.0. The Morgan fingerprint density at radius 2 is 2.04 bits per heavy atom. The minimum atomic E-state index is -0.324. The van der Waals surface area contributed by atoms with Crippen molar-refractivity contribution in [2.45, 2.75) is 25.4 Å². The fraction of sp³-hybridized carbons (Fsp3) is 0.333. The molecule has 1 fully saturated rings. The van der Waals surface area contributed by atoms with Crippen molar-refractivity contribution in [3.63, 3.8) is 0 Å². The van der Waals surface area contributed by atoms with Gasteiger partial charge in [0.15, 0.2) is 0 Å². The highest BCUT2D eigenvalue weighted by atomic mass is 16.6. The molecule has 0 saturated carbocycles. The molecular weight excluding hydrogens is 344 g/mol. The number of cyclic esters (lactones) is 1. The molecule has 2 aliphatic heterocycles. The number of ether oxygens (including phenoxy) is 2. The van der Waals surface area contributed by atoms with Gasteiger partial charge in [-0.05, 0) is 35.7 Å². The van der Waals surface area contributed by atoms with E-state index in [1.807, 2.05) is 53.4 Å². The molecule has 2 aromatic carbocycles. The number of carbonyl (C=O) groups excluding carboxylic acids is 2. The summed E-state index contributed by atoms with van der Waals surface area (Å²) in [6.45, 7) is 1.37. The Morgan fingerprint density at radius 3 is 2.81 bits per heavy atom. The Morgan fingerprint density at radius 1 is 1.22 bits per heavy atom. The molecule has 6 heteroatoms. The molecule has 1 saturated heterocycles. The lowest BCUT2D eigenvalue weighted by molar-refractivity contribution is -0.131. The van der Waals surface area contributed by atoms with E-state index >= 15 is 0 Å². The Balaban J connectivity index is 1.64. The molecule has 27 heavy (non-hydrogen) atoms. The molecule has 1 atom stereocenters. The van der Waals surface area contributed by atoms with E-state index in [0.717, 1.165) is 16.8 Å². The van der Waals surface area contributed by atoms with Crippen molar-refractivity contribution in [2.24, 2.45) is 0 Å². The molecule has 6 nitrogen and oxygen atoms in total. The number of fused-ring (bicyclic) bond motifs is 3. The summed E-state index contributed by atoms with van der Waals surface area (Å²) in [5.74, 6) is 0.780. The SMILES string of the molecule is COc1ccc2c(c1)CN(C(=O)Cc1ccccc1)CCC1COC(=O)N21. The molecule has 1 unspecified atom stereocenters. The summed E-state index contributed by atoms with van der Waals surface area (Å²) in [7, 11) is 1.61. The Hall–Kier alpha value is -3.02. The summed E-state index contributed by atoms with van der Waals surface area (Å²) in [6.07, 6.45) is 0.734. The molecule has 140 valence electrons. The van der Waals surface area contributed by atoms with Gasteiger partial charge < -0.3 is 14.4 Å². The third-order valence-corrected chi connectivity index (χ3v) is 5.15.